The van der Waals surface area contributed by atoms with Crippen LogP contribution in [0, 0.1) is 11.3 Å². The van der Waals surface area contributed by atoms with Gasteiger partial charge in [-0.2, -0.15) is 5.26 Å². The Morgan fingerprint density at radius 3 is 1.06 bits per heavy atom. The predicted octanol–water partition coefficient (Wildman–Crippen LogP) is 15.2. The van der Waals surface area contributed by atoms with Crippen molar-refractivity contribution >= 4 is 60.7 Å². The number of aromatic nitrogens is 2. The van der Waals surface area contributed by atoms with E-state index in [1.54, 1.807) is 0 Å². The van der Waals surface area contributed by atoms with Crippen LogP contribution in [0.5, 0.6) is 0 Å². The van der Waals surface area contributed by atoms with Gasteiger partial charge in [0.2, 0.25) is 0 Å². The molecule has 0 spiro atoms. The van der Waals surface area contributed by atoms with Gasteiger partial charge in [0.1, 0.15) is 6.07 Å². The first-order valence-corrected chi connectivity index (χ1v) is 21.3. The molecule has 1 aliphatic rings. The number of hydrogen-bond donors (Lipinski definition) is 0. The highest BCUT2D eigenvalue weighted by Crippen LogP contribution is 2.59. The van der Waals surface area contributed by atoms with Gasteiger partial charge in [-0.05, 0) is 58.7 Å². The molecule has 0 radical (unpaired) electrons. The molecule has 4 nitrogen and oxygen atoms in total. The number of hydrogen-bond acceptors (Lipinski definition) is 2. The summed E-state index contributed by atoms with van der Waals surface area (Å²) in [5.41, 5.74) is 15.8. The first-order chi connectivity index (χ1) is 30.6. The van der Waals surface area contributed by atoms with Crippen molar-refractivity contribution in [1.29, 1.82) is 5.26 Å². The molecule has 1 aliphatic heterocycles. The van der Waals surface area contributed by atoms with Gasteiger partial charge < -0.3 is 14.0 Å². The fraction of sp³-hybridized carbons (Fsp3) is 0.0517. The van der Waals surface area contributed by atoms with Crippen LogP contribution >= 0.6 is 0 Å². The van der Waals surface area contributed by atoms with E-state index in [2.05, 4.69) is 240 Å². The average molecular weight is 793 g/mol. The molecule has 4 heteroatoms. The Bertz CT molecular complexity index is 3290. The van der Waals surface area contributed by atoms with Crippen molar-refractivity contribution in [2.24, 2.45) is 0 Å². The molecule has 62 heavy (non-hydrogen) atoms. The predicted molar refractivity (Wildman–Crippen MR) is 258 cm³/mol. The van der Waals surface area contributed by atoms with E-state index in [0.29, 0.717) is 5.56 Å². The van der Waals surface area contributed by atoms with Gasteiger partial charge in [0.05, 0.1) is 56.1 Å². The van der Waals surface area contributed by atoms with Crippen molar-refractivity contribution in [3.8, 4) is 39.7 Å². The SMILES string of the molecule is CC1(C)c2ccccc2N(c2c(-n3c4ccccc4c4ccccc43)c(-c3ccccc3)c(C#N)c(-c3ccccc3)c2-n2c3ccccc3c3ccccc32)c2ccccc21. The molecule has 2 aromatic heterocycles. The Hall–Kier alpha value is -8.13. The second-order valence-corrected chi connectivity index (χ2v) is 16.7. The summed E-state index contributed by atoms with van der Waals surface area (Å²) in [6, 6.07) is 76.6. The standard InChI is InChI=1S/C58H40N4/c1-58(2)45-29-13-19-35-51(45)62(52-36-20-14-30-46(52)58)57-55(60-47-31-15-9-25-40(47)41-26-10-16-32-48(41)60)53(38-21-5-3-6-22-38)44(37-59)54(39-23-7-4-8-24-39)56(57)61-49-33-17-11-27-42(49)43-28-12-18-34-50(43)61/h3-36H,1-2H3. The molecule has 0 atom stereocenters. The zero-order chi connectivity index (χ0) is 41.5. The van der Waals surface area contributed by atoms with Gasteiger partial charge >= 0.3 is 0 Å². The van der Waals surface area contributed by atoms with Crippen molar-refractivity contribution in [2.75, 3.05) is 4.90 Å². The van der Waals surface area contributed by atoms with E-state index >= 15 is 0 Å². The van der Waals surface area contributed by atoms with E-state index in [0.717, 1.165) is 94.3 Å². The molecule has 0 saturated carbocycles. The molecule has 3 heterocycles. The normalized spacial score (nSPS) is 13.1. The highest BCUT2D eigenvalue weighted by atomic mass is 15.2. The van der Waals surface area contributed by atoms with Crippen LogP contribution in [0.25, 0.3) is 77.2 Å². The van der Waals surface area contributed by atoms with Gasteiger partial charge in [-0.15, -0.1) is 0 Å². The fourth-order valence-corrected chi connectivity index (χ4v) is 10.5. The largest absolute Gasteiger partial charge is 0.306 e. The number of fused-ring (bicyclic) bond motifs is 8. The zero-order valence-corrected chi connectivity index (χ0v) is 34.4. The number of rotatable bonds is 5. The summed E-state index contributed by atoms with van der Waals surface area (Å²) in [5.74, 6) is 0. The summed E-state index contributed by atoms with van der Waals surface area (Å²) in [5, 5.41) is 16.6. The Labute approximate surface area is 360 Å². The zero-order valence-electron chi connectivity index (χ0n) is 34.4. The molecule has 0 aliphatic carbocycles. The lowest BCUT2D eigenvalue weighted by Gasteiger charge is -2.44. The van der Waals surface area contributed by atoms with Gasteiger partial charge in [-0.1, -0.05) is 184 Å². The Kier molecular flexibility index (Phi) is 7.91. The van der Waals surface area contributed by atoms with Gasteiger partial charge in [0.25, 0.3) is 0 Å². The monoisotopic (exact) mass is 792 g/mol. The Balaban J connectivity index is 1.44. The van der Waals surface area contributed by atoms with E-state index in [1.165, 1.54) is 11.1 Å². The van der Waals surface area contributed by atoms with Gasteiger partial charge in [0.15, 0.2) is 0 Å². The van der Waals surface area contributed by atoms with Crippen LogP contribution in [0.1, 0.15) is 30.5 Å². The molecule has 12 rings (SSSR count). The maximum atomic E-state index is 12.0. The van der Waals surface area contributed by atoms with E-state index < -0.39 is 0 Å². The number of nitrogens with zero attached hydrogens (tertiary/aromatic N) is 4. The lowest BCUT2D eigenvalue weighted by molar-refractivity contribution is 0.632. The lowest BCUT2D eigenvalue weighted by atomic mass is 9.73. The third-order valence-electron chi connectivity index (χ3n) is 13.1. The molecule has 9 aromatic carbocycles. The maximum absolute atomic E-state index is 12.0. The number of anilines is 3. The molecule has 0 bridgehead atoms. The molecule has 0 amide bonds. The first-order valence-electron chi connectivity index (χ1n) is 21.3. The summed E-state index contributed by atoms with van der Waals surface area (Å²) in [7, 11) is 0. The van der Waals surface area contributed by atoms with Crippen LogP contribution < -0.4 is 4.90 Å². The molecule has 11 aromatic rings. The van der Waals surface area contributed by atoms with Gasteiger partial charge in [-0.3, -0.25) is 0 Å². The summed E-state index contributed by atoms with van der Waals surface area (Å²) < 4.78 is 4.89. The van der Waals surface area contributed by atoms with E-state index in [9.17, 15) is 5.26 Å². The molecule has 0 saturated heterocycles. The van der Waals surface area contributed by atoms with Crippen molar-refractivity contribution in [2.45, 2.75) is 19.3 Å². The van der Waals surface area contributed by atoms with E-state index in [1.807, 2.05) is 0 Å². The minimum Gasteiger partial charge on any atom is -0.306 e. The molecular formula is C58H40N4. The topological polar surface area (TPSA) is 36.9 Å². The summed E-state index contributed by atoms with van der Waals surface area (Å²) in [6.07, 6.45) is 0. The molecule has 0 fully saturated rings. The van der Waals surface area contributed by atoms with Crippen molar-refractivity contribution in [3.05, 3.63) is 223 Å². The highest BCUT2D eigenvalue weighted by Gasteiger charge is 2.41. The smallest absolute Gasteiger partial charge is 0.101 e. The highest BCUT2D eigenvalue weighted by molar-refractivity contribution is 6.16. The van der Waals surface area contributed by atoms with Crippen LogP contribution in [0.15, 0.2) is 206 Å². The molecular weight excluding hydrogens is 753 g/mol. The van der Waals surface area contributed by atoms with E-state index in [4.69, 9.17) is 0 Å². The fourth-order valence-electron chi connectivity index (χ4n) is 10.5. The van der Waals surface area contributed by atoms with Crippen LogP contribution in [0.4, 0.5) is 17.1 Å². The van der Waals surface area contributed by atoms with Gasteiger partial charge in [0, 0.05) is 38.1 Å². The minimum atomic E-state index is -0.305. The first kappa shape index (κ1) is 35.8. The Morgan fingerprint density at radius 1 is 0.371 bits per heavy atom. The third kappa shape index (κ3) is 5.00. The van der Waals surface area contributed by atoms with Crippen LogP contribution in [-0.2, 0) is 5.41 Å². The maximum Gasteiger partial charge on any atom is 0.101 e. The van der Waals surface area contributed by atoms with Crippen molar-refractivity contribution in [1.82, 2.24) is 9.13 Å². The minimum absolute atomic E-state index is 0.305. The van der Waals surface area contributed by atoms with Gasteiger partial charge in [-0.25, -0.2) is 0 Å². The quantitative estimate of drug-likeness (QED) is 0.174. The number of benzene rings is 9. The second kappa shape index (κ2) is 13.7. The molecule has 0 unspecified atom stereocenters. The van der Waals surface area contributed by atoms with E-state index in [-0.39, 0.29) is 5.41 Å². The second-order valence-electron chi connectivity index (χ2n) is 16.7. The number of para-hydroxylation sites is 6. The van der Waals surface area contributed by atoms with Crippen LogP contribution in [-0.4, -0.2) is 9.13 Å². The molecule has 0 N–H and O–H groups in total. The average Bonchev–Trinajstić information content (AvgIpc) is 3.84. The Morgan fingerprint density at radius 2 is 0.694 bits per heavy atom. The number of nitriles is 1. The lowest BCUT2D eigenvalue weighted by Crippen LogP contribution is -2.31. The van der Waals surface area contributed by atoms with Crippen molar-refractivity contribution < 1.29 is 0 Å². The molecule has 292 valence electrons. The van der Waals surface area contributed by atoms with Crippen molar-refractivity contribution in [3.63, 3.8) is 0 Å². The van der Waals surface area contributed by atoms with Crippen LogP contribution in [0.2, 0.25) is 0 Å². The summed E-state index contributed by atoms with van der Waals surface area (Å²) in [4.78, 5) is 2.52. The van der Waals surface area contributed by atoms with Crippen LogP contribution in [0.3, 0.4) is 0 Å². The third-order valence-corrected chi connectivity index (χ3v) is 13.1. The summed E-state index contributed by atoms with van der Waals surface area (Å²) >= 11 is 0. The summed E-state index contributed by atoms with van der Waals surface area (Å²) in [6.45, 7) is 4.68.